The Morgan fingerprint density at radius 2 is 1.77 bits per heavy atom. The van der Waals surface area contributed by atoms with E-state index in [9.17, 15) is 4.79 Å². The van der Waals surface area contributed by atoms with E-state index in [1.807, 2.05) is 26.0 Å². The van der Waals surface area contributed by atoms with Crippen molar-refractivity contribution in [3.05, 3.63) is 29.3 Å². The Hall–Kier alpha value is -1.51. The zero-order chi connectivity index (χ0) is 15.9. The number of aryl methyl sites for hydroxylation is 1. The van der Waals surface area contributed by atoms with E-state index in [1.54, 1.807) is 0 Å². The van der Waals surface area contributed by atoms with Gasteiger partial charge in [-0.2, -0.15) is 0 Å². The van der Waals surface area contributed by atoms with Gasteiger partial charge < -0.3 is 10.1 Å². The Morgan fingerprint density at radius 1 is 1.14 bits per heavy atom. The highest BCUT2D eigenvalue weighted by atomic mass is 16.5. The van der Waals surface area contributed by atoms with Gasteiger partial charge in [-0.05, 0) is 50.8 Å². The molecule has 122 valence electrons. The van der Waals surface area contributed by atoms with E-state index in [0.717, 1.165) is 24.2 Å². The van der Waals surface area contributed by atoms with Crippen molar-refractivity contribution in [2.75, 3.05) is 0 Å². The van der Waals surface area contributed by atoms with Gasteiger partial charge in [0.15, 0.2) is 6.10 Å². The molecule has 1 saturated carbocycles. The fraction of sp³-hybridized carbons (Fsp3) is 0.632. The summed E-state index contributed by atoms with van der Waals surface area (Å²) in [5.41, 5.74) is 2.29. The molecule has 3 heteroatoms. The minimum Gasteiger partial charge on any atom is -0.481 e. The fourth-order valence-electron chi connectivity index (χ4n) is 3.01. The molecule has 22 heavy (non-hydrogen) atoms. The molecule has 1 unspecified atom stereocenters. The van der Waals surface area contributed by atoms with E-state index in [0.29, 0.717) is 6.04 Å². The Kier molecular flexibility index (Phi) is 6.29. The maximum atomic E-state index is 12.4. The van der Waals surface area contributed by atoms with Crippen LogP contribution in [0.25, 0.3) is 0 Å². The van der Waals surface area contributed by atoms with E-state index < -0.39 is 6.10 Å². The van der Waals surface area contributed by atoms with Crippen molar-refractivity contribution >= 4 is 5.91 Å². The first-order chi connectivity index (χ1) is 10.6. The molecule has 3 nitrogen and oxygen atoms in total. The van der Waals surface area contributed by atoms with Gasteiger partial charge in [-0.3, -0.25) is 4.79 Å². The molecule has 0 spiro atoms. The number of carbonyl (C=O) groups is 1. The van der Waals surface area contributed by atoms with Crippen LogP contribution in [0.2, 0.25) is 0 Å². The molecule has 0 aromatic heterocycles. The van der Waals surface area contributed by atoms with Crippen LogP contribution in [0.3, 0.4) is 0 Å². The lowest BCUT2D eigenvalue weighted by Crippen LogP contribution is -2.42. The Labute approximate surface area is 134 Å². The van der Waals surface area contributed by atoms with E-state index in [4.69, 9.17) is 4.74 Å². The molecular weight excluding hydrogens is 274 g/mol. The van der Waals surface area contributed by atoms with Crippen LogP contribution in [0.1, 0.15) is 63.0 Å². The van der Waals surface area contributed by atoms with Crippen LogP contribution in [0, 0.1) is 13.8 Å². The lowest BCUT2D eigenvalue weighted by Gasteiger charge is -2.23. The molecule has 1 N–H and O–H groups in total. The number of benzene rings is 1. The Morgan fingerprint density at radius 3 is 2.45 bits per heavy atom. The van der Waals surface area contributed by atoms with Crippen molar-refractivity contribution in [3.63, 3.8) is 0 Å². The van der Waals surface area contributed by atoms with Gasteiger partial charge in [0.05, 0.1) is 0 Å². The van der Waals surface area contributed by atoms with Crippen LogP contribution in [-0.2, 0) is 4.79 Å². The van der Waals surface area contributed by atoms with E-state index in [2.05, 4.69) is 18.3 Å². The first-order valence-corrected chi connectivity index (χ1v) is 8.61. The summed E-state index contributed by atoms with van der Waals surface area (Å²) in [7, 11) is 0. The summed E-state index contributed by atoms with van der Waals surface area (Å²) < 4.78 is 5.87. The summed E-state index contributed by atoms with van der Waals surface area (Å²) in [6.45, 7) is 5.92. The molecule has 1 fully saturated rings. The summed E-state index contributed by atoms with van der Waals surface area (Å²) >= 11 is 0. The van der Waals surface area contributed by atoms with Crippen LogP contribution < -0.4 is 10.1 Å². The molecule has 0 saturated heterocycles. The number of ether oxygens (including phenoxy) is 1. The van der Waals surface area contributed by atoms with Gasteiger partial charge in [0, 0.05) is 6.04 Å². The number of amides is 1. The summed E-state index contributed by atoms with van der Waals surface area (Å²) in [5.74, 6) is 0.812. The lowest BCUT2D eigenvalue weighted by molar-refractivity contribution is -0.128. The van der Waals surface area contributed by atoms with E-state index in [1.165, 1.54) is 37.7 Å². The van der Waals surface area contributed by atoms with Crippen LogP contribution in [-0.4, -0.2) is 18.1 Å². The van der Waals surface area contributed by atoms with Crippen LogP contribution in [0.4, 0.5) is 0 Å². The molecule has 0 heterocycles. The number of nitrogens with one attached hydrogen (secondary N) is 1. The standard InChI is InChI=1S/C19H29NO2/c1-14-10-9-13-18(15(14)2)22-16(3)19(21)20-17-11-7-5-4-6-8-12-17/h9-10,13,16-17H,4-8,11-12H2,1-3H3,(H,20,21). The molecule has 1 aliphatic rings. The maximum Gasteiger partial charge on any atom is 0.260 e. The highest BCUT2D eigenvalue weighted by Crippen LogP contribution is 2.22. The molecule has 0 radical (unpaired) electrons. The fourth-order valence-corrected chi connectivity index (χ4v) is 3.01. The third-order valence-electron chi connectivity index (χ3n) is 4.68. The topological polar surface area (TPSA) is 38.3 Å². The zero-order valence-electron chi connectivity index (χ0n) is 14.2. The third-order valence-corrected chi connectivity index (χ3v) is 4.68. The predicted octanol–water partition coefficient (Wildman–Crippen LogP) is 4.30. The van der Waals surface area contributed by atoms with Gasteiger partial charge >= 0.3 is 0 Å². The molecule has 1 aliphatic carbocycles. The zero-order valence-corrected chi connectivity index (χ0v) is 14.2. The Balaban J connectivity index is 1.89. The molecule has 0 aliphatic heterocycles. The minimum absolute atomic E-state index is 0.00600. The molecular formula is C19H29NO2. The van der Waals surface area contributed by atoms with Crippen LogP contribution in [0.15, 0.2) is 18.2 Å². The SMILES string of the molecule is Cc1cccc(OC(C)C(=O)NC2CCCCCCC2)c1C. The molecule has 1 amide bonds. The maximum absolute atomic E-state index is 12.4. The second-order valence-corrected chi connectivity index (χ2v) is 6.51. The Bertz CT molecular complexity index is 490. The normalized spacial score (nSPS) is 18.1. The summed E-state index contributed by atoms with van der Waals surface area (Å²) in [6, 6.07) is 6.28. The van der Waals surface area contributed by atoms with Crippen LogP contribution >= 0.6 is 0 Å². The largest absolute Gasteiger partial charge is 0.481 e. The molecule has 0 bridgehead atoms. The van der Waals surface area contributed by atoms with Crippen molar-refractivity contribution in [2.45, 2.75) is 77.9 Å². The van der Waals surface area contributed by atoms with Gasteiger partial charge in [-0.25, -0.2) is 0 Å². The van der Waals surface area contributed by atoms with Crippen molar-refractivity contribution in [1.29, 1.82) is 0 Å². The van der Waals surface area contributed by atoms with Gasteiger partial charge in [-0.15, -0.1) is 0 Å². The predicted molar refractivity (Wildman–Crippen MR) is 90.3 cm³/mol. The second kappa shape index (κ2) is 8.21. The third kappa shape index (κ3) is 4.75. The highest BCUT2D eigenvalue weighted by Gasteiger charge is 2.20. The van der Waals surface area contributed by atoms with Crippen molar-refractivity contribution in [3.8, 4) is 5.75 Å². The number of carbonyl (C=O) groups excluding carboxylic acids is 1. The molecule has 1 aromatic carbocycles. The van der Waals surface area contributed by atoms with Crippen molar-refractivity contribution < 1.29 is 9.53 Å². The number of hydrogen-bond donors (Lipinski definition) is 1. The average molecular weight is 303 g/mol. The minimum atomic E-state index is -0.453. The molecule has 1 aromatic rings. The van der Waals surface area contributed by atoms with Gasteiger partial charge in [0.25, 0.3) is 5.91 Å². The average Bonchev–Trinajstić information content (AvgIpc) is 2.46. The second-order valence-electron chi connectivity index (χ2n) is 6.51. The summed E-state index contributed by atoms with van der Waals surface area (Å²) in [4.78, 5) is 12.4. The van der Waals surface area contributed by atoms with Gasteiger partial charge in [0.2, 0.25) is 0 Å². The van der Waals surface area contributed by atoms with Gasteiger partial charge in [0.1, 0.15) is 5.75 Å². The first-order valence-electron chi connectivity index (χ1n) is 8.61. The van der Waals surface area contributed by atoms with Gasteiger partial charge in [-0.1, -0.05) is 44.2 Å². The van der Waals surface area contributed by atoms with Crippen LogP contribution in [0.5, 0.6) is 5.75 Å². The number of rotatable bonds is 4. The monoisotopic (exact) mass is 303 g/mol. The quantitative estimate of drug-likeness (QED) is 0.900. The van der Waals surface area contributed by atoms with E-state index in [-0.39, 0.29) is 5.91 Å². The highest BCUT2D eigenvalue weighted by molar-refractivity contribution is 5.81. The van der Waals surface area contributed by atoms with E-state index >= 15 is 0 Å². The van der Waals surface area contributed by atoms with Crippen molar-refractivity contribution in [2.24, 2.45) is 0 Å². The molecule has 1 atom stereocenters. The summed E-state index contributed by atoms with van der Waals surface area (Å²) in [6.07, 6.45) is 8.11. The molecule has 2 rings (SSSR count). The number of hydrogen-bond acceptors (Lipinski definition) is 2. The first kappa shape index (κ1) is 16.9. The lowest BCUT2D eigenvalue weighted by atomic mass is 9.96. The van der Waals surface area contributed by atoms with Crippen molar-refractivity contribution in [1.82, 2.24) is 5.32 Å². The smallest absolute Gasteiger partial charge is 0.260 e. The summed E-state index contributed by atoms with van der Waals surface area (Å²) in [5, 5.41) is 3.18.